The van der Waals surface area contributed by atoms with E-state index in [1.807, 2.05) is 0 Å². The van der Waals surface area contributed by atoms with E-state index in [0.717, 1.165) is 5.81 Å². The first-order chi connectivity index (χ1) is 2.56. The molecule has 7 heteroatoms. The Morgan fingerprint density at radius 2 is 1.62 bits per heavy atom. The van der Waals surface area contributed by atoms with Gasteiger partial charge in [-0.2, -0.15) is 5.26 Å². The molecule has 0 aromatic rings. The number of nitriles is 1. The predicted molar refractivity (Wildman–Crippen MR) is 32.0 cm³/mol. The Morgan fingerprint density at radius 1 is 1.50 bits per heavy atom. The van der Waals surface area contributed by atoms with Crippen LogP contribution in [0, 0.1) is 11.1 Å². The molecular formula is CH4LiNNaO3P. The third kappa shape index (κ3) is 15.7. The molecule has 0 aliphatic rings. The molecule has 0 saturated heterocycles. The second-order valence-corrected chi connectivity index (χ2v) is 1.93. The quantitative estimate of drug-likeness (QED) is 0.311. The van der Waals surface area contributed by atoms with Gasteiger partial charge < -0.3 is 9.79 Å². The van der Waals surface area contributed by atoms with E-state index in [0.29, 0.717) is 0 Å². The number of hydrogen-bond acceptors (Lipinski definition) is 2. The van der Waals surface area contributed by atoms with Crippen LogP contribution in [0.25, 0.3) is 0 Å². The van der Waals surface area contributed by atoms with Crippen LogP contribution in [0.3, 0.4) is 0 Å². The molecule has 0 radical (unpaired) electrons. The van der Waals surface area contributed by atoms with Gasteiger partial charge in [0.1, 0.15) is 0 Å². The molecule has 8 heavy (non-hydrogen) atoms. The van der Waals surface area contributed by atoms with Gasteiger partial charge in [-0.25, -0.2) is 4.57 Å². The summed E-state index contributed by atoms with van der Waals surface area (Å²) < 4.78 is 9.33. The zero-order valence-electron chi connectivity index (χ0n) is 2.70. The Balaban J connectivity index is -0.000000125. The van der Waals surface area contributed by atoms with E-state index in [-0.39, 0.29) is 48.4 Å². The molecule has 0 aromatic carbocycles. The Morgan fingerprint density at radius 3 is 1.62 bits per heavy atom. The normalized spacial score (nSPS) is 7.62. The first-order valence-corrected chi connectivity index (χ1v) is 2.64. The molecule has 0 saturated carbocycles. The maximum atomic E-state index is 9.33. The second kappa shape index (κ2) is 6.36. The van der Waals surface area contributed by atoms with Gasteiger partial charge in [-0.1, -0.05) is 0 Å². The van der Waals surface area contributed by atoms with Crippen molar-refractivity contribution in [1.82, 2.24) is 0 Å². The molecule has 0 amide bonds. The van der Waals surface area contributed by atoms with Gasteiger partial charge in [0.25, 0.3) is 0 Å². The van der Waals surface area contributed by atoms with Crippen LogP contribution in [0.5, 0.6) is 0 Å². The van der Waals surface area contributed by atoms with Gasteiger partial charge in [0.2, 0.25) is 0 Å². The van der Waals surface area contributed by atoms with Crippen molar-refractivity contribution < 1.29 is 14.4 Å². The summed E-state index contributed by atoms with van der Waals surface area (Å²) in [7, 11) is -4.34. The topological polar surface area (TPSA) is 81.3 Å². The summed E-state index contributed by atoms with van der Waals surface area (Å²) in [6.07, 6.45) is 0. The number of rotatable bonds is 0. The van der Waals surface area contributed by atoms with Crippen LogP contribution in [0.2, 0.25) is 0 Å². The third-order valence-corrected chi connectivity index (χ3v) is 0.391. The Hall–Kier alpha value is 1.24. The maximum absolute atomic E-state index is 9.33. The molecule has 2 N–H and O–H groups in total. The molecule has 0 aliphatic heterocycles. The third-order valence-electron chi connectivity index (χ3n) is 0.130. The van der Waals surface area contributed by atoms with Crippen molar-refractivity contribution in [2.24, 2.45) is 0 Å². The SMILES string of the molecule is N#CP(=O)(O)O.[LiH].[NaH]. The fourth-order valence-electron chi connectivity index (χ4n) is 0. The van der Waals surface area contributed by atoms with Crippen LogP contribution in [0.4, 0.5) is 0 Å². The summed E-state index contributed by atoms with van der Waals surface area (Å²) in [6, 6.07) is 0. The van der Waals surface area contributed by atoms with Gasteiger partial charge in [0.15, 0.2) is 5.81 Å². The zero-order chi connectivity index (χ0) is 5.21. The molecule has 0 aliphatic carbocycles. The summed E-state index contributed by atoms with van der Waals surface area (Å²) in [5.41, 5.74) is 0. The summed E-state index contributed by atoms with van der Waals surface area (Å²) in [5.74, 6) is 0.771. The first kappa shape index (κ1) is 16.1. The molecule has 0 unspecified atom stereocenters. The standard InChI is InChI=1S/CH2NO3P.Li.Na.2H/c2-1-6(3,4)5;;;;/h(H2,3,4,5);;;;. The van der Waals surface area contributed by atoms with Crippen molar-refractivity contribution in [2.45, 2.75) is 0 Å². The van der Waals surface area contributed by atoms with Crippen molar-refractivity contribution in [1.29, 1.82) is 5.26 Å². The average Bonchev–Trinajstić information content (AvgIpc) is 1.35. The van der Waals surface area contributed by atoms with Crippen LogP contribution < -0.4 is 0 Å². The zero-order valence-corrected chi connectivity index (χ0v) is 3.59. The summed E-state index contributed by atoms with van der Waals surface area (Å²) in [4.78, 5) is 15.2. The molecule has 0 bridgehead atoms. The Labute approximate surface area is 80.9 Å². The van der Waals surface area contributed by atoms with Crippen molar-refractivity contribution in [2.75, 3.05) is 0 Å². The molecule has 0 spiro atoms. The van der Waals surface area contributed by atoms with Gasteiger partial charge in [0, 0.05) is 0 Å². The van der Waals surface area contributed by atoms with E-state index in [1.165, 1.54) is 0 Å². The average molecular weight is 139 g/mol. The van der Waals surface area contributed by atoms with Crippen molar-refractivity contribution in [3.63, 3.8) is 0 Å². The molecule has 0 rings (SSSR count). The fourth-order valence-corrected chi connectivity index (χ4v) is 0. The molecule has 38 valence electrons. The van der Waals surface area contributed by atoms with Crippen LogP contribution in [-0.2, 0) is 4.57 Å². The second-order valence-electron chi connectivity index (χ2n) is 0.644. The summed E-state index contributed by atoms with van der Waals surface area (Å²) in [6.45, 7) is 0. The van der Waals surface area contributed by atoms with Gasteiger partial charge >= 0.3 is 56.0 Å². The van der Waals surface area contributed by atoms with E-state index in [2.05, 4.69) is 0 Å². The molecule has 0 atom stereocenters. The molecular weight excluding hydrogens is 135 g/mol. The monoisotopic (exact) mass is 139 g/mol. The molecule has 0 fully saturated rings. The van der Waals surface area contributed by atoms with Crippen molar-refractivity contribution in [3.8, 4) is 5.81 Å². The van der Waals surface area contributed by atoms with Gasteiger partial charge in [-0.15, -0.1) is 0 Å². The van der Waals surface area contributed by atoms with Crippen LogP contribution in [0.1, 0.15) is 0 Å². The summed E-state index contributed by atoms with van der Waals surface area (Å²) >= 11 is 0. The van der Waals surface area contributed by atoms with E-state index < -0.39 is 7.60 Å². The van der Waals surface area contributed by atoms with Crippen molar-refractivity contribution in [3.05, 3.63) is 0 Å². The summed E-state index contributed by atoms with van der Waals surface area (Å²) in [5, 5.41) is 7.39. The molecule has 4 nitrogen and oxygen atoms in total. The van der Waals surface area contributed by atoms with Crippen LogP contribution in [-0.4, -0.2) is 58.2 Å². The number of nitrogens with zero attached hydrogens (tertiary/aromatic N) is 1. The van der Waals surface area contributed by atoms with Crippen molar-refractivity contribution >= 4 is 56.0 Å². The Bertz CT molecular complexity index is 126. The molecule has 0 aromatic heterocycles. The Kier molecular flexibility index (Phi) is 12.8. The van der Waals surface area contributed by atoms with E-state index >= 15 is 0 Å². The molecule has 0 heterocycles. The van der Waals surface area contributed by atoms with Gasteiger partial charge in [0.05, 0.1) is 0 Å². The van der Waals surface area contributed by atoms with Crippen LogP contribution >= 0.6 is 7.60 Å². The minimum atomic E-state index is -4.34. The first-order valence-electron chi connectivity index (χ1n) is 1.03. The van der Waals surface area contributed by atoms with Crippen LogP contribution in [0.15, 0.2) is 0 Å². The number of hydrogen-bond donors (Lipinski definition) is 2. The van der Waals surface area contributed by atoms with E-state index in [4.69, 9.17) is 15.0 Å². The minimum absolute atomic E-state index is 0. The van der Waals surface area contributed by atoms with E-state index in [1.54, 1.807) is 0 Å². The van der Waals surface area contributed by atoms with Gasteiger partial charge in [-0.05, 0) is 0 Å². The van der Waals surface area contributed by atoms with E-state index in [9.17, 15) is 4.57 Å². The van der Waals surface area contributed by atoms with Gasteiger partial charge in [-0.3, -0.25) is 0 Å². The fraction of sp³-hybridized carbons (Fsp3) is 0. The predicted octanol–water partition coefficient (Wildman–Crippen LogP) is -1.65.